The highest BCUT2D eigenvalue weighted by molar-refractivity contribution is 7.90. The predicted molar refractivity (Wildman–Crippen MR) is 108 cm³/mol. The summed E-state index contributed by atoms with van der Waals surface area (Å²) in [6.45, 7) is 3.85. The molecule has 0 aliphatic rings. The van der Waals surface area contributed by atoms with E-state index in [-0.39, 0.29) is 17.4 Å². The maximum Gasteiger partial charge on any atom is 0.264 e. The normalized spacial score (nSPS) is 11.2. The molecular weight excluding hydrogens is 398 g/mol. The number of carbonyl (C=O) groups is 1. The maximum absolute atomic E-state index is 12.1. The van der Waals surface area contributed by atoms with E-state index < -0.39 is 9.84 Å². The number of anilines is 1. The van der Waals surface area contributed by atoms with Gasteiger partial charge in [-0.15, -0.1) is 0 Å². The highest BCUT2D eigenvalue weighted by Crippen LogP contribution is 2.23. The molecular formula is C19H19N3O4S2. The Morgan fingerprint density at radius 2 is 1.82 bits per heavy atom. The van der Waals surface area contributed by atoms with Gasteiger partial charge >= 0.3 is 0 Å². The van der Waals surface area contributed by atoms with Crippen molar-refractivity contribution in [1.82, 2.24) is 9.36 Å². The lowest BCUT2D eigenvalue weighted by molar-refractivity contribution is -0.118. The molecule has 1 N–H and O–H groups in total. The Bertz CT molecular complexity index is 1110. The van der Waals surface area contributed by atoms with Gasteiger partial charge < -0.3 is 4.74 Å². The number of hydrogen-bond acceptors (Lipinski definition) is 7. The Morgan fingerprint density at radius 3 is 2.46 bits per heavy atom. The first-order valence-corrected chi connectivity index (χ1v) is 11.0. The lowest BCUT2D eigenvalue weighted by Crippen LogP contribution is -2.20. The molecule has 1 heterocycles. The quantitative estimate of drug-likeness (QED) is 0.661. The number of nitrogens with one attached hydrogen (secondary N) is 1. The Hall–Kier alpha value is -2.78. The van der Waals surface area contributed by atoms with Crippen molar-refractivity contribution in [1.29, 1.82) is 0 Å². The SMILES string of the molecule is Cc1ccc(OCC(=O)Nc2nc(-c3ccc(S(C)(=O)=O)cc3)ns2)cc1C. The van der Waals surface area contributed by atoms with Gasteiger partial charge in [0, 0.05) is 23.4 Å². The van der Waals surface area contributed by atoms with Crippen molar-refractivity contribution >= 4 is 32.4 Å². The fourth-order valence-electron chi connectivity index (χ4n) is 2.35. The number of carbonyl (C=O) groups excluding carboxylic acids is 1. The third-order valence-electron chi connectivity index (χ3n) is 4.06. The van der Waals surface area contributed by atoms with Crippen molar-refractivity contribution in [3.8, 4) is 17.1 Å². The predicted octanol–water partition coefficient (Wildman–Crippen LogP) is 3.24. The standard InChI is InChI=1S/C19H19N3O4S2/c1-12-4-7-15(10-13(12)2)26-11-17(23)20-19-21-18(22-27-19)14-5-8-16(9-6-14)28(3,24)25/h4-10H,11H2,1-3H3,(H,20,21,22,23). The molecule has 0 aliphatic carbocycles. The molecule has 0 fully saturated rings. The van der Waals surface area contributed by atoms with E-state index in [0.717, 1.165) is 28.9 Å². The van der Waals surface area contributed by atoms with E-state index in [0.29, 0.717) is 22.3 Å². The van der Waals surface area contributed by atoms with Crippen LogP contribution in [0.5, 0.6) is 5.75 Å². The summed E-state index contributed by atoms with van der Waals surface area (Å²) < 4.78 is 32.7. The van der Waals surface area contributed by atoms with Crippen molar-refractivity contribution in [3.05, 3.63) is 53.6 Å². The van der Waals surface area contributed by atoms with E-state index in [1.807, 2.05) is 32.0 Å². The Labute approximate surface area is 167 Å². The van der Waals surface area contributed by atoms with E-state index in [2.05, 4.69) is 14.7 Å². The molecule has 1 aromatic heterocycles. The number of benzene rings is 2. The van der Waals surface area contributed by atoms with Crippen LogP contribution in [0.25, 0.3) is 11.4 Å². The molecule has 0 atom stereocenters. The average Bonchev–Trinajstić information content (AvgIpc) is 3.10. The first-order valence-electron chi connectivity index (χ1n) is 8.36. The lowest BCUT2D eigenvalue weighted by atomic mass is 10.1. The Kier molecular flexibility index (Phi) is 5.76. The molecule has 28 heavy (non-hydrogen) atoms. The van der Waals surface area contributed by atoms with Crippen molar-refractivity contribution < 1.29 is 17.9 Å². The number of amides is 1. The summed E-state index contributed by atoms with van der Waals surface area (Å²) in [6.07, 6.45) is 1.15. The second-order valence-corrected chi connectivity index (χ2v) is 9.07. The third kappa shape index (κ3) is 4.93. The molecule has 0 unspecified atom stereocenters. The second-order valence-electron chi connectivity index (χ2n) is 6.30. The number of ether oxygens (including phenoxy) is 1. The number of aromatic nitrogens is 2. The molecule has 0 bridgehead atoms. The van der Waals surface area contributed by atoms with Gasteiger partial charge in [-0.3, -0.25) is 10.1 Å². The van der Waals surface area contributed by atoms with Crippen molar-refractivity contribution in [2.45, 2.75) is 18.7 Å². The molecule has 0 aliphatic heterocycles. The average molecular weight is 418 g/mol. The number of sulfone groups is 1. The molecule has 9 heteroatoms. The first kappa shape index (κ1) is 20.0. The fourth-order valence-corrected chi connectivity index (χ4v) is 3.59. The number of rotatable bonds is 6. The molecule has 0 radical (unpaired) electrons. The fraction of sp³-hybridized carbons (Fsp3) is 0.211. The van der Waals surface area contributed by atoms with E-state index in [1.54, 1.807) is 12.1 Å². The summed E-state index contributed by atoms with van der Waals surface area (Å²) in [6, 6.07) is 11.9. The molecule has 1 amide bonds. The minimum Gasteiger partial charge on any atom is -0.484 e. The van der Waals surface area contributed by atoms with E-state index in [4.69, 9.17) is 4.74 Å². The van der Waals surface area contributed by atoms with E-state index in [1.165, 1.54) is 12.1 Å². The monoisotopic (exact) mass is 417 g/mol. The number of hydrogen-bond donors (Lipinski definition) is 1. The first-order chi connectivity index (χ1) is 13.2. The van der Waals surface area contributed by atoms with Gasteiger partial charge in [-0.25, -0.2) is 8.42 Å². The van der Waals surface area contributed by atoms with Gasteiger partial charge in [0.05, 0.1) is 4.90 Å². The zero-order valence-corrected chi connectivity index (χ0v) is 17.2. The van der Waals surface area contributed by atoms with Gasteiger partial charge in [0.15, 0.2) is 22.3 Å². The largest absolute Gasteiger partial charge is 0.484 e. The van der Waals surface area contributed by atoms with Crippen molar-refractivity contribution in [3.63, 3.8) is 0 Å². The smallest absolute Gasteiger partial charge is 0.264 e. The molecule has 146 valence electrons. The molecule has 7 nitrogen and oxygen atoms in total. The second kappa shape index (κ2) is 8.07. The van der Waals surface area contributed by atoms with Gasteiger partial charge in [0.1, 0.15) is 5.75 Å². The number of nitrogens with zero attached hydrogens (tertiary/aromatic N) is 2. The molecule has 0 saturated heterocycles. The van der Waals surface area contributed by atoms with Crippen LogP contribution in [0.4, 0.5) is 5.13 Å². The highest BCUT2D eigenvalue weighted by Gasteiger charge is 2.12. The lowest BCUT2D eigenvalue weighted by Gasteiger charge is -2.07. The zero-order valence-electron chi connectivity index (χ0n) is 15.6. The Balaban J connectivity index is 1.60. The summed E-state index contributed by atoms with van der Waals surface area (Å²) in [5, 5.41) is 2.99. The van der Waals surface area contributed by atoms with Crippen molar-refractivity contribution in [2.24, 2.45) is 0 Å². The Morgan fingerprint density at radius 1 is 1.11 bits per heavy atom. The summed E-state index contributed by atoms with van der Waals surface area (Å²) in [7, 11) is -3.26. The topological polar surface area (TPSA) is 98.2 Å². The summed E-state index contributed by atoms with van der Waals surface area (Å²) in [4.78, 5) is 16.6. The van der Waals surface area contributed by atoms with Crippen LogP contribution in [0.3, 0.4) is 0 Å². The maximum atomic E-state index is 12.1. The molecule has 3 rings (SSSR count). The molecule has 3 aromatic rings. The van der Waals surface area contributed by atoms with E-state index in [9.17, 15) is 13.2 Å². The summed E-state index contributed by atoms with van der Waals surface area (Å²) >= 11 is 1.04. The van der Waals surface area contributed by atoms with E-state index >= 15 is 0 Å². The van der Waals surface area contributed by atoms with Crippen LogP contribution in [0.1, 0.15) is 11.1 Å². The van der Waals surface area contributed by atoms with Gasteiger partial charge in [0.25, 0.3) is 5.91 Å². The minimum atomic E-state index is -3.26. The van der Waals surface area contributed by atoms with Crippen molar-refractivity contribution in [2.75, 3.05) is 18.2 Å². The third-order valence-corrected chi connectivity index (χ3v) is 5.82. The van der Waals surface area contributed by atoms with Crippen LogP contribution in [0, 0.1) is 13.8 Å². The van der Waals surface area contributed by atoms with Gasteiger partial charge in [-0.1, -0.05) is 6.07 Å². The van der Waals surface area contributed by atoms with Gasteiger partial charge in [0.2, 0.25) is 5.13 Å². The summed E-state index contributed by atoms with van der Waals surface area (Å²) in [5.41, 5.74) is 2.91. The van der Waals surface area contributed by atoms with Crippen LogP contribution in [-0.4, -0.2) is 36.5 Å². The molecule has 2 aromatic carbocycles. The summed E-state index contributed by atoms with van der Waals surface area (Å²) in [5.74, 6) is 0.700. The minimum absolute atomic E-state index is 0.138. The van der Waals surface area contributed by atoms with Crippen LogP contribution < -0.4 is 10.1 Å². The van der Waals surface area contributed by atoms with Gasteiger partial charge in [-0.05, 0) is 61.4 Å². The van der Waals surface area contributed by atoms with Crippen LogP contribution in [-0.2, 0) is 14.6 Å². The zero-order chi connectivity index (χ0) is 20.3. The molecule has 0 saturated carbocycles. The molecule has 0 spiro atoms. The number of aryl methyl sites for hydroxylation is 2. The highest BCUT2D eigenvalue weighted by atomic mass is 32.2. The van der Waals surface area contributed by atoms with Crippen LogP contribution in [0.15, 0.2) is 47.4 Å². The van der Waals surface area contributed by atoms with Crippen LogP contribution >= 0.6 is 11.5 Å². The van der Waals surface area contributed by atoms with Gasteiger partial charge in [-0.2, -0.15) is 9.36 Å². The van der Waals surface area contributed by atoms with Crippen LogP contribution in [0.2, 0.25) is 0 Å².